The number of nitrogens with one attached hydrogen (secondary N) is 3. The predicted octanol–water partition coefficient (Wildman–Crippen LogP) is 3.37. The van der Waals surface area contributed by atoms with Gasteiger partial charge in [0.1, 0.15) is 6.61 Å². The Hall–Kier alpha value is -0.650. The molecule has 5 heteroatoms. The SMILES string of the molecule is CC(NC(=O)COC1CC(C)(C)NC(C)(C)C1)C1CC(C)(C)NC(C)(C)C1. The molecule has 0 saturated carbocycles. The molecule has 1 unspecified atom stereocenters. The van der Waals surface area contributed by atoms with Crippen molar-refractivity contribution in [1.82, 2.24) is 16.0 Å². The van der Waals surface area contributed by atoms with Gasteiger partial charge in [-0.3, -0.25) is 4.79 Å². The van der Waals surface area contributed by atoms with Crippen molar-refractivity contribution in [2.24, 2.45) is 5.92 Å². The lowest BCUT2D eigenvalue weighted by Crippen LogP contribution is -2.60. The molecule has 5 nitrogen and oxygen atoms in total. The first-order valence-corrected chi connectivity index (χ1v) is 10.6. The van der Waals surface area contributed by atoms with Crippen LogP contribution in [0.5, 0.6) is 0 Å². The second-order valence-electron chi connectivity index (χ2n) is 11.7. The van der Waals surface area contributed by atoms with Crippen molar-refractivity contribution in [1.29, 1.82) is 0 Å². The van der Waals surface area contributed by atoms with Crippen LogP contribution in [0.2, 0.25) is 0 Å². The molecule has 2 rings (SSSR count). The molecule has 0 aromatic heterocycles. The molecule has 1 atom stereocenters. The number of piperidine rings is 2. The smallest absolute Gasteiger partial charge is 0.246 e. The van der Waals surface area contributed by atoms with E-state index in [1.54, 1.807) is 0 Å². The molecule has 0 aliphatic carbocycles. The first kappa shape index (κ1) is 22.6. The number of hydrogen-bond donors (Lipinski definition) is 3. The Bertz CT molecular complexity index is 508. The molecule has 2 aliphatic heterocycles. The van der Waals surface area contributed by atoms with E-state index in [-0.39, 0.29) is 46.8 Å². The Labute approximate surface area is 166 Å². The zero-order valence-electron chi connectivity index (χ0n) is 19.1. The second-order valence-corrected chi connectivity index (χ2v) is 11.7. The minimum Gasteiger partial charge on any atom is -0.368 e. The van der Waals surface area contributed by atoms with Crippen molar-refractivity contribution in [3.63, 3.8) is 0 Å². The highest BCUT2D eigenvalue weighted by molar-refractivity contribution is 5.77. The van der Waals surface area contributed by atoms with Crippen LogP contribution in [0, 0.1) is 5.92 Å². The first-order valence-electron chi connectivity index (χ1n) is 10.6. The van der Waals surface area contributed by atoms with Crippen molar-refractivity contribution in [2.45, 2.75) is 122 Å². The monoisotopic (exact) mass is 381 g/mol. The topological polar surface area (TPSA) is 62.4 Å². The van der Waals surface area contributed by atoms with Crippen LogP contribution in [-0.4, -0.2) is 46.8 Å². The summed E-state index contributed by atoms with van der Waals surface area (Å²) < 4.78 is 6.02. The van der Waals surface area contributed by atoms with Crippen molar-refractivity contribution in [3.05, 3.63) is 0 Å². The summed E-state index contributed by atoms with van der Waals surface area (Å²) in [5, 5.41) is 10.6. The number of ether oxygens (including phenoxy) is 1. The molecule has 0 spiro atoms. The lowest BCUT2D eigenvalue weighted by Gasteiger charge is -2.48. The maximum atomic E-state index is 12.5. The molecule has 0 aromatic rings. The molecule has 0 radical (unpaired) electrons. The van der Waals surface area contributed by atoms with E-state index in [0.29, 0.717) is 5.92 Å². The van der Waals surface area contributed by atoms with E-state index in [9.17, 15) is 4.79 Å². The quantitative estimate of drug-likeness (QED) is 0.683. The van der Waals surface area contributed by atoms with Crippen LogP contribution in [0.15, 0.2) is 0 Å². The van der Waals surface area contributed by atoms with Crippen LogP contribution >= 0.6 is 0 Å². The molecule has 158 valence electrons. The summed E-state index contributed by atoms with van der Waals surface area (Å²) in [7, 11) is 0. The van der Waals surface area contributed by atoms with E-state index in [1.165, 1.54) is 0 Å². The standard InChI is InChI=1S/C22H43N3O2/c1-15(16-10-19(2,3)24-20(4,5)11-16)23-18(26)14-27-17-12-21(6,7)25-22(8,9)13-17/h15-17,24-25H,10-14H2,1-9H3,(H,23,26). The minimum absolute atomic E-state index is 0.00536. The van der Waals surface area contributed by atoms with E-state index in [2.05, 4.69) is 78.3 Å². The van der Waals surface area contributed by atoms with Gasteiger partial charge in [-0.2, -0.15) is 0 Å². The van der Waals surface area contributed by atoms with Gasteiger partial charge in [0, 0.05) is 28.2 Å². The summed E-state index contributed by atoms with van der Waals surface area (Å²) in [6.07, 6.45) is 4.10. The Balaban J connectivity index is 1.85. The molecule has 0 aromatic carbocycles. The molecule has 2 aliphatic rings. The largest absolute Gasteiger partial charge is 0.368 e. The summed E-state index contributed by atoms with van der Waals surface area (Å²) in [4.78, 5) is 12.5. The third-order valence-corrected chi connectivity index (χ3v) is 5.92. The fourth-order valence-corrected chi connectivity index (χ4v) is 5.71. The molecule has 27 heavy (non-hydrogen) atoms. The summed E-state index contributed by atoms with van der Waals surface area (Å²) >= 11 is 0. The lowest BCUT2D eigenvalue weighted by molar-refractivity contribution is -0.131. The highest BCUT2D eigenvalue weighted by atomic mass is 16.5. The van der Waals surface area contributed by atoms with Gasteiger partial charge in [0.25, 0.3) is 0 Å². The summed E-state index contributed by atoms with van der Waals surface area (Å²) in [5.74, 6) is 0.475. The van der Waals surface area contributed by atoms with Gasteiger partial charge in [0.2, 0.25) is 5.91 Å². The van der Waals surface area contributed by atoms with Crippen LogP contribution in [0.3, 0.4) is 0 Å². The average Bonchev–Trinajstić information content (AvgIpc) is 2.38. The second kappa shape index (κ2) is 7.64. The first-order chi connectivity index (χ1) is 12.1. The Kier molecular flexibility index (Phi) is 6.41. The average molecular weight is 382 g/mol. The summed E-state index contributed by atoms with van der Waals surface area (Å²) in [5.41, 5.74) is 0.243. The van der Waals surface area contributed by atoms with E-state index in [4.69, 9.17) is 4.74 Å². The van der Waals surface area contributed by atoms with Crippen molar-refractivity contribution < 1.29 is 9.53 Å². The van der Waals surface area contributed by atoms with Gasteiger partial charge in [-0.1, -0.05) is 0 Å². The molecular formula is C22H43N3O2. The Morgan fingerprint density at radius 1 is 0.889 bits per heavy atom. The fourth-order valence-electron chi connectivity index (χ4n) is 5.71. The van der Waals surface area contributed by atoms with E-state index in [1.807, 2.05) is 0 Å². The molecule has 1 amide bonds. The van der Waals surface area contributed by atoms with Gasteiger partial charge in [-0.15, -0.1) is 0 Å². The molecule has 2 saturated heterocycles. The van der Waals surface area contributed by atoms with E-state index < -0.39 is 0 Å². The summed E-state index contributed by atoms with van der Waals surface area (Å²) in [6, 6.07) is 0.155. The van der Waals surface area contributed by atoms with Crippen molar-refractivity contribution >= 4 is 5.91 Å². The molecular weight excluding hydrogens is 338 g/mol. The van der Waals surface area contributed by atoms with Gasteiger partial charge < -0.3 is 20.7 Å². The highest BCUT2D eigenvalue weighted by Gasteiger charge is 2.40. The van der Waals surface area contributed by atoms with E-state index in [0.717, 1.165) is 25.7 Å². The maximum absolute atomic E-state index is 12.5. The molecule has 2 fully saturated rings. The van der Waals surface area contributed by atoms with Gasteiger partial charge in [0.05, 0.1) is 6.10 Å². The lowest BCUT2D eigenvalue weighted by atomic mass is 9.73. The van der Waals surface area contributed by atoms with E-state index >= 15 is 0 Å². The van der Waals surface area contributed by atoms with Crippen LogP contribution in [0.1, 0.15) is 88.0 Å². The van der Waals surface area contributed by atoms with Gasteiger partial charge in [-0.05, 0) is 93.9 Å². The van der Waals surface area contributed by atoms with Gasteiger partial charge in [-0.25, -0.2) is 0 Å². The maximum Gasteiger partial charge on any atom is 0.246 e. The molecule has 2 heterocycles. The Morgan fingerprint density at radius 2 is 1.30 bits per heavy atom. The molecule has 3 N–H and O–H groups in total. The normalized spacial score (nSPS) is 28.5. The predicted molar refractivity (Wildman–Crippen MR) is 112 cm³/mol. The number of hydrogen-bond acceptors (Lipinski definition) is 4. The number of carbonyl (C=O) groups is 1. The molecule has 0 bridgehead atoms. The number of carbonyl (C=O) groups excluding carboxylic acids is 1. The van der Waals surface area contributed by atoms with Crippen LogP contribution in [0.25, 0.3) is 0 Å². The third kappa shape index (κ3) is 7.03. The zero-order valence-corrected chi connectivity index (χ0v) is 19.1. The fraction of sp³-hybridized carbons (Fsp3) is 0.955. The zero-order chi connectivity index (χ0) is 20.7. The summed E-state index contributed by atoms with van der Waals surface area (Å²) in [6.45, 7) is 20.1. The van der Waals surface area contributed by atoms with Crippen molar-refractivity contribution in [2.75, 3.05) is 6.61 Å². The van der Waals surface area contributed by atoms with Crippen LogP contribution in [-0.2, 0) is 9.53 Å². The van der Waals surface area contributed by atoms with Crippen LogP contribution in [0.4, 0.5) is 0 Å². The third-order valence-electron chi connectivity index (χ3n) is 5.92. The number of amides is 1. The minimum atomic E-state index is 0.00536. The number of rotatable bonds is 5. The van der Waals surface area contributed by atoms with Gasteiger partial charge >= 0.3 is 0 Å². The van der Waals surface area contributed by atoms with Crippen molar-refractivity contribution in [3.8, 4) is 0 Å². The Morgan fingerprint density at radius 3 is 1.74 bits per heavy atom. The van der Waals surface area contributed by atoms with Crippen LogP contribution < -0.4 is 16.0 Å². The highest BCUT2D eigenvalue weighted by Crippen LogP contribution is 2.34. The van der Waals surface area contributed by atoms with Gasteiger partial charge in [0.15, 0.2) is 0 Å².